The van der Waals surface area contributed by atoms with Gasteiger partial charge in [-0.15, -0.1) is 0 Å². The van der Waals surface area contributed by atoms with E-state index in [9.17, 15) is 4.79 Å². The summed E-state index contributed by atoms with van der Waals surface area (Å²) in [6.45, 7) is 5.23. The molecular weight excluding hydrogens is 398 g/mol. The fourth-order valence-electron chi connectivity index (χ4n) is 3.12. The van der Waals surface area contributed by atoms with Crippen molar-refractivity contribution in [2.45, 2.75) is 27.0 Å². The summed E-state index contributed by atoms with van der Waals surface area (Å²) < 4.78 is 14.5. The highest BCUT2D eigenvalue weighted by atomic mass is 16.5. The van der Waals surface area contributed by atoms with Crippen LogP contribution in [0.15, 0.2) is 53.6 Å². The predicted molar refractivity (Wildman–Crippen MR) is 111 cm³/mol. The van der Waals surface area contributed by atoms with Crippen LogP contribution in [0.25, 0.3) is 5.69 Å². The molecule has 0 saturated heterocycles. The summed E-state index contributed by atoms with van der Waals surface area (Å²) >= 11 is 0. The number of ether oxygens (including phenoxy) is 1. The molecule has 0 saturated carbocycles. The van der Waals surface area contributed by atoms with E-state index < -0.39 is 0 Å². The van der Waals surface area contributed by atoms with Crippen molar-refractivity contribution in [2.24, 2.45) is 0 Å². The second-order valence-corrected chi connectivity index (χ2v) is 7.18. The lowest BCUT2D eigenvalue weighted by molar-refractivity contribution is 0.0778. The van der Waals surface area contributed by atoms with E-state index >= 15 is 0 Å². The van der Waals surface area contributed by atoms with Crippen LogP contribution >= 0.6 is 0 Å². The summed E-state index contributed by atoms with van der Waals surface area (Å²) in [5, 5.41) is 12.4. The molecule has 3 heterocycles. The Morgan fingerprint density at radius 1 is 1.19 bits per heavy atom. The lowest BCUT2D eigenvalue weighted by Gasteiger charge is -2.16. The molecule has 0 bridgehead atoms. The summed E-state index contributed by atoms with van der Waals surface area (Å²) in [6.07, 6.45) is 3.10. The molecule has 0 aliphatic rings. The molecule has 0 spiro atoms. The molecule has 0 N–H and O–H groups in total. The average Bonchev–Trinajstić information content (AvgIpc) is 3.52. The number of amides is 1. The van der Waals surface area contributed by atoms with Gasteiger partial charge < -0.3 is 14.2 Å². The topological polar surface area (TPSA) is 104 Å². The third kappa shape index (κ3) is 4.80. The molecule has 160 valence electrons. The van der Waals surface area contributed by atoms with Gasteiger partial charge in [0, 0.05) is 25.4 Å². The minimum absolute atomic E-state index is 0.165. The molecule has 0 atom stereocenters. The highest BCUT2D eigenvalue weighted by Gasteiger charge is 2.17. The van der Waals surface area contributed by atoms with E-state index in [0.717, 1.165) is 17.1 Å². The number of aryl methyl sites for hydroxylation is 2. The van der Waals surface area contributed by atoms with Crippen LogP contribution in [0.5, 0.6) is 5.75 Å². The Morgan fingerprint density at radius 2 is 2.00 bits per heavy atom. The fourth-order valence-corrected chi connectivity index (χ4v) is 3.12. The normalized spacial score (nSPS) is 10.9. The van der Waals surface area contributed by atoms with E-state index in [2.05, 4.69) is 20.3 Å². The van der Waals surface area contributed by atoms with Gasteiger partial charge in [-0.05, 0) is 44.2 Å². The van der Waals surface area contributed by atoms with E-state index in [-0.39, 0.29) is 18.2 Å². The molecule has 0 fully saturated rings. The molecule has 0 aliphatic heterocycles. The molecule has 1 aromatic carbocycles. The Bertz CT molecular complexity index is 1150. The molecule has 3 aromatic heterocycles. The van der Waals surface area contributed by atoms with E-state index in [1.165, 1.54) is 6.33 Å². The molecule has 0 aliphatic carbocycles. The van der Waals surface area contributed by atoms with Crippen molar-refractivity contribution in [3.63, 3.8) is 0 Å². The summed E-state index contributed by atoms with van der Waals surface area (Å²) in [7, 11) is 1.73. The van der Waals surface area contributed by atoms with Gasteiger partial charge >= 0.3 is 0 Å². The van der Waals surface area contributed by atoms with Gasteiger partial charge in [0.1, 0.15) is 25.0 Å². The van der Waals surface area contributed by atoms with Crippen molar-refractivity contribution >= 4 is 5.91 Å². The van der Waals surface area contributed by atoms with Crippen LogP contribution in [0, 0.1) is 13.8 Å². The molecule has 4 rings (SSSR count). The first-order chi connectivity index (χ1) is 15.0. The Labute approximate surface area is 179 Å². The Morgan fingerprint density at radius 3 is 2.68 bits per heavy atom. The van der Waals surface area contributed by atoms with Crippen LogP contribution in [-0.2, 0) is 13.2 Å². The lowest BCUT2D eigenvalue weighted by atomic mass is 10.3. The van der Waals surface area contributed by atoms with Gasteiger partial charge in [-0.25, -0.2) is 9.67 Å². The average molecular weight is 421 g/mol. The highest BCUT2D eigenvalue weighted by molar-refractivity contribution is 5.92. The van der Waals surface area contributed by atoms with E-state index in [4.69, 9.17) is 9.26 Å². The van der Waals surface area contributed by atoms with Crippen LogP contribution < -0.4 is 4.74 Å². The molecule has 1 amide bonds. The van der Waals surface area contributed by atoms with Gasteiger partial charge in [-0.1, -0.05) is 5.16 Å². The number of rotatable bonds is 8. The summed E-state index contributed by atoms with van der Waals surface area (Å²) in [5.74, 6) is 0.916. The van der Waals surface area contributed by atoms with Crippen molar-refractivity contribution < 1.29 is 14.1 Å². The smallest absolute Gasteiger partial charge is 0.275 e. The SMILES string of the molecule is Cc1cc(C)n(CCN(C)C(=O)c2cc(COc3ccc(-n4cncn4)cc3)on2)n1. The second-order valence-electron chi connectivity index (χ2n) is 7.18. The van der Waals surface area contributed by atoms with Crippen LogP contribution in [0.2, 0.25) is 0 Å². The number of hydrogen-bond donors (Lipinski definition) is 0. The Balaban J connectivity index is 1.30. The van der Waals surface area contributed by atoms with Crippen molar-refractivity contribution in [3.05, 3.63) is 71.9 Å². The number of likely N-dealkylation sites (N-methyl/N-ethyl adjacent to an activating group) is 1. The second kappa shape index (κ2) is 8.82. The van der Waals surface area contributed by atoms with Crippen LogP contribution in [0.1, 0.15) is 27.6 Å². The quantitative estimate of drug-likeness (QED) is 0.430. The van der Waals surface area contributed by atoms with Gasteiger partial charge in [0.15, 0.2) is 11.5 Å². The lowest BCUT2D eigenvalue weighted by Crippen LogP contribution is -2.30. The molecule has 0 radical (unpaired) electrons. The molecule has 31 heavy (non-hydrogen) atoms. The van der Waals surface area contributed by atoms with Crippen LogP contribution in [0.3, 0.4) is 0 Å². The summed E-state index contributed by atoms with van der Waals surface area (Å²) in [4.78, 5) is 18.1. The fraction of sp³-hybridized carbons (Fsp3) is 0.286. The third-order valence-corrected chi connectivity index (χ3v) is 4.78. The number of benzene rings is 1. The molecule has 4 aromatic rings. The molecule has 10 heteroatoms. The number of aromatic nitrogens is 6. The van der Waals surface area contributed by atoms with Gasteiger partial charge in [0.05, 0.1) is 17.9 Å². The predicted octanol–water partition coefficient (Wildman–Crippen LogP) is 2.42. The van der Waals surface area contributed by atoms with Crippen LogP contribution in [0.4, 0.5) is 0 Å². The zero-order chi connectivity index (χ0) is 21.8. The van der Waals surface area contributed by atoms with E-state index in [1.807, 2.05) is 48.9 Å². The Kier molecular flexibility index (Phi) is 5.78. The first-order valence-electron chi connectivity index (χ1n) is 9.79. The number of hydrogen-bond acceptors (Lipinski definition) is 7. The molecule has 10 nitrogen and oxygen atoms in total. The minimum Gasteiger partial charge on any atom is -0.486 e. The van der Waals surface area contributed by atoms with Gasteiger partial charge in [0.25, 0.3) is 5.91 Å². The van der Waals surface area contributed by atoms with Crippen molar-refractivity contribution in [1.29, 1.82) is 0 Å². The number of nitrogens with zero attached hydrogens (tertiary/aromatic N) is 7. The van der Waals surface area contributed by atoms with E-state index in [0.29, 0.717) is 24.6 Å². The van der Waals surface area contributed by atoms with Crippen molar-refractivity contribution in [1.82, 2.24) is 34.6 Å². The van der Waals surface area contributed by atoms with E-state index in [1.54, 1.807) is 29.0 Å². The van der Waals surface area contributed by atoms with Gasteiger partial charge in [0.2, 0.25) is 0 Å². The van der Waals surface area contributed by atoms with Gasteiger partial charge in [-0.3, -0.25) is 9.48 Å². The maximum atomic E-state index is 12.6. The molecular formula is C21H23N7O3. The summed E-state index contributed by atoms with van der Waals surface area (Å²) in [5.41, 5.74) is 3.14. The first-order valence-corrected chi connectivity index (χ1v) is 9.79. The third-order valence-electron chi connectivity index (χ3n) is 4.78. The zero-order valence-electron chi connectivity index (χ0n) is 17.6. The maximum Gasteiger partial charge on any atom is 0.275 e. The van der Waals surface area contributed by atoms with Gasteiger partial charge in [-0.2, -0.15) is 10.2 Å². The largest absolute Gasteiger partial charge is 0.486 e. The highest BCUT2D eigenvalue weighted by Crippen LogP contribution is 2.17. The zero-order valence-corrected chi connectivity index (χ0v) is 17.6. The Hall–Kier alpha value is -3.95. The molecule has 0 unspecified atom stereocenters. The van der Waals surface area contributed by atoms with Crippen LogP contribution in [-0.4, -0.2) is 54.1 Å². The number of carbonyl (C=O) groups excluding carboxylic acids is 1. The summed E-state index contributed by atoms with van der Waals surface area (Å²) in [6, 6.07) is 11.0. The number of carbonyl (C=O) groups is 1. The maximum absolute atomic E-state index is 12.6. The standard InChI is InChI=1S/C21H23N7O3/c1-15-10-16(2)27(24-15)9-8-26(3)21(29)20-11-19(31-25-20)12-30-18-6-4-17(5-7-18)28-14-22-13-23-28/h4-7,10-11,13-14H,8-9,12H2,1-3H3. The monoisotopic (exact) mass is 421 g/mol. The minimum atomic E-state index is -0.214. The first kappa shape index (κ1) is 20.3. The van der Waals surface area contributed by atoms with Crippen molar-refractivity contribution in [2.75, 3.05) is 13.6 Å². The van der Waals surface area contributed by atoms with Crippen molar-refractivity contribution in [3.8, 4) is 11.4 Å².